The van der Waals surface area contributed by atoms with E-state index in [1.54, 1.807) is 12.1 Å². The van der Waals surface area contributed by atoms with Gasteiger partial charge in [0.2, 0.25) is 6.41 Å². The molecule has 0 heterocycles. The number of carbonyl (C=O) groups excluding carboxylic acids is 1. The van der Waals surface area contributed by atoms with Crippen molar-refractivity contribution in [3.8, 4) is 12.3 Å². The van der Waals surface area contributed by atoms with Crippen molar-refractivity contribution in [2.75, 3.05) is 6.61 Å². The monoisotopic (exact) mass is 257 g/mol. The van der Waals surface area contributed by atoms with Crippen LogP contribution in [-0.4, -0.2) is 19.4 Å². The fraction of sp³-hybridized carbons (Fsp3) is 0.250. The van der Waals surface area contributed by atoms with Crippen LogP contribution < -0.4 is 5.32 Å². The smallest absolute Gasteiger partial charge is 0.350 e. The third-order valence-electron chi connectivity index (χ3n) is 2.16. The molecule has 0 aliphatic carbocycles. The molecule has 0 radical (unpaired) electrons. The summed E-state index contributed by atoms with van der Waals surface area (Å²) in [5.74, 6) is 2.38. The molecule has 18 heavy (non-hydrogen) atoms. The highest BCUT2D eigenvalue weighted by Crippen LogP contribution is 2.21. The number of nitrogens with one attached hydrogen (secondary N) is 1. The molecule has 1 atom stereocenters. The Morgan fingerprint density at radius 3 is 2.44 bits per heavy atom. The van der Waals surface area contributed by atoms with Crippen molar-refractivity contribution in [2.45, 2.75) is 12.4 Å². The second-order valence-corrected chi connectivity index (χ2v) is 3.36. The maximum atomic E-state index is 11.9. The van der Waals surface area contributed by atoms with Crippen LogP contribution in [0.25, 0.3) is 0 Å². The summed E-state index contributed by atoms with van der Waals surface area (Å²) in [5.41, 5.74) is 1.07. The SMILES string of the molecule is C#Cc1ccc(C(COC(F)(F)F)NC=O)cc1. The van der Waals surface area contributed by atoms with Crippen LogP contribution in [0.2, 0.25) is 0 Å². The van der Waals surface area contributed by atoms with E-state index >= 15 is 0 Å². The number of alkyl halides is 3. The molecule has 0 saturated heterocycles. The Labute approximate surface area is 102 Å². The van der Waals surface area contributed by atoms with Crippen molar-refractivity contribution in [1.29, 1.82) is 0 Å². The van der Waals surface area contributed by atoms with Gasteiger partial charge in [-0.25, -0.2) is 0 Å². The summed E-state index contributed by atoms with van der Waals surface area (Å²) in [5, 5.41) is 2.25. The van der Waals surface area contributed by atoms with Crippen molar-refractivity contribution in [2.24, 2.45) is 0 Å². The van der Waals surface area contributed by atoms with Crippen LogP contribution in [0.15, 0.2) is 24.3 Å². The van der Waals surface area contributed by atoms with Crippen molar-refractivity contribution < 1.29 is 22.7 Å². The standard InChI is InChI=1S/C12H10F3NO2/c1-2-9-3-5-10(6-4-9)11(16-8-17)7-18-12(13,14)15/h1,3-6,8,11H,7H2,(H,16,17). The molecule has 0 spiro atoms. The Hall–Kier alpha value is -2.00. The van der Waals surface area contributed by atoms with E-state index in [1.165, 1.54) is 12.1 Å². The number of benzene rings is 1. The Morgan fingerprint density at radius 1 is 1.39 bits per heavy atom. The minimum atomic E-state index is -4.73. The van der Waals surface area contributed by atoms with Gasteiger partial charge in [-0.05, 0) is 17.7 Å². The molecular weight excluding hydrogens is 247 g/mol. The molecule has 1 aromatic carbocycles. The molecule has 0 saturated carbocycles. The lowest BCUT2D eigenvalue weighted by Gasteiger charge is -2.17. The highest BCUT2D eigenvalue weighted by molar-refractivity contribution is 5.48. The lowest BCUT2D eigenvalue weighted by Crippen LogP contribution is -2.27. The number of hydrogen-bond acceptors (Lipinski definition) is 2. The fourth-order valence-corrected chi connectivity index (χ4v) is 1.31. The molecule has 0 fully saturated rings. The number of hydrogen-bond donors (Lipinski definition) is 1. The predicted octanol–water partition coefficient (Wildman–Crippen LogP) is 1.99. The topological polar surface area (TPSA) is 38.3 Å². The van der Waals surface area contributed by atoms with Crippen LogP contribution >= 0.6 is 0 Å². The van der Waals surface area contributed by atoms with Crippen LogP contribution in [0.5, 0.6) is 0 Å². The maximum Gasteiger partial charge on any atom is 0.522 e. The number of amides is 1. The average Bonchev–Trinajstić information content (AvgIpc) is 2.33. The van der Waals surface area contributed by atoms with Gasteiger partial charge in [0.05, 0.1) is 12.6 Å². The van der Waals surface area contributed by atoms with Gasteiger partial charge < -0.3 is 5.32 Å². The third-order valence-corrected chi connectivity index (χ3v) is 2.16. The highest BCUT2D eigenvalue weighted by atomic mass is 19.4. The quantitative estimate of drug-likeness (QED) is 0.647. The number of carbonyl (C=O) groups is 1. The summed E-state index contributed by atoms with van der Waals surface area (Å²) in [7, 11) is 0. The molecule has 0 aromatic heterocycles. The average molecular weight is 257 g/mol. The molecule has 1 N–H and O–H groups in total. The zero-order valence-corrected chi connectivity index (χ0v) is 9.20. The Balaban J connectivity index is 2.77. The first-order valence-corrected chi connectivity index (χ1v) is 4.93. The largest absolute Gasteiger partial charge is 0.522 e. The van der Waals surface area contributed by atoms with Gasteiger partial charge in [0.15, 0.2) is 0 Å². The molecule has 1 aromatic rings. The number of ether oxygens (including phenoxy) is 1. The molecule has 0 aliphatic rings. The fourth-order valence-electron chi connectivity index (χ4n) is 1.31. The number of halogens is 3. The zero-order chi connectivity index (χ0) is 13.6. The Morgan fingerprint density at radius 2 is 2.00 bits per heavy atom. The van der Waals surface area contributed by atoms with E-state index in [9.17, 15) is 18.0 Å². The van der Waals surface area contributed by atoms with E-state index in [2.05, 4.69) is 16.0 Å². The first-order chi connectivity index (χ1) is 8.46. The second-order valence-electron chi connectivity index (χ2n) is 3.36. The van der Waals surface area contributed by atoms with Gasteiger partial charge in [-0.2, -0.15) is 0 Å². The normalized spacial score (nSPS) is 12.6. The van der Waals surface area contributed by atoms with Crippen LogP contribution in [0.3, 0.4) is 0 Å². The maximum absolute atomic E-state index is 11.9. The molecule has 0 aliphatic heterocycles. The van der Waals surface area contributed by atoms with E-state index < -0.39 is 19.0 Å². The lowest BCUT2D eigenvalue weighted by atomic mass is 10.1. The van der Waals surface area contributed by atoms with E-state index in [1.807, 2.05) is 0 Å². The first-order valence-electron chi connectivity index (χ1n) is 4.93. The van der Waals surface area contributed by atoms with Gasteiger partial charge in [-0.1, -0.05) is 18.1 Å². The second kappa shape index (κ2) is 6.07. The van der Waals surface area contributed by atoms with Crippen LogP contribution in [0, 0.1) is 12.3 Å². The summed E-state index contributed by atoms with van der Waals surface area (Å²) in [6.07, 6.45) is 0.740. The molecule has 0 bridgehead atoms. The minimum absolute atomic E-state index is 0.319. The van der Waals surface area contributed by atoms with Gasteiger partial charge in [0.1, 0.15) is 0 Å². The summed E-state index contributed by atoms with van der Waals surface area (Å²) >= 11 is 0. The van der Waals surface area contributed by atoms with Gasteiger partial charge in [0, 0.05) is 5.56 Å². The summed E-state index contributed by atoms with van der Waals surface area (Å²) in [6.45, 7) is -0.697. The Bertz CT molecular complexity index is 434. The van der Waals surface area contributed by atoms with Crippen LogP contribution in [-0.2, 0) is 9.53 Å². The van der Waals surface area contributed by atoms with E-state index in [0.717, 1.165) is 0 Å². The first kappa shape index (κ1) is 14.1. The molecule has 1 rings (SSSR count). The summed E-state index contributed by atoms with van der Waals surface area (Å²) < 4.78 is 39.5. The molecule has 3 nitrogen and oxygen atoms in total. The zero-order valence-electron chi connectivity index (χ0n) is 9.20. The molecule has 96 valence electrons. The molecule has 1 amide bonds. The van der Waals surface area contributed by atoms with E-state index in [0.29, 0.717) is 17.5 Å². The van der Waals surface area contributed by atoms with Gasteiger partial charge >= 0.3 is 6.36 Å². The Kier molecular flexibility index (Phi) is 4.75. The number of terminal acetylenes is 1. The minimum Gasteiger partial charge on any atom is -0.350 e. The van der Waals surface area contributed by atoms with Crippen molar-refractivity contribution in [3.05, 3.63) is 35.4 Å². The van der Waals surface area contributed by atoms with E-state index in [-0.39, 0.29) is 0 Å². The van der Waals surface area contributed by atoms with Gasteiger partial charge in [0.25, 0.3) is 0 Å². The summed E-state index contributed by atoms with van der Waals surface area (Å²) in [6, 6.07) is 5.34. The van der Waals surface area contributed by atoms with E-state index in [4.69, 9.17) is 6.42 Å². The number of rotatable bonds is 5. The summed E-state index contributed by atoms with van der Waals surface area (Å²) in [4.78, 5) is 10.4. The van der Waals surface area contributed by atoms with Crippen molar-refractivity contribution in [1.82, 2.24) is 5.32 Å². The van der Waals surface area contributed by atoms with Gasteiger partial charge in [-0.3, -0.25) is 9.53 Å². The van der Waals surface area contributed by atoms with Crippen LogP contribution in [0.4, 0.5) is 13.2 Å². The molecular formula is C12H10F3NO2. The predicted molar refractivity (Wildman–Crippen MR) is 58.3 cm³/mol. The van der Waals surface area contributed by atoms with Crippen molar-refractivity contribution in [3.63, 3.8) is 0 Å². The van der Waals surface area contributed by atoms with Gasteiger partial charge in [-0.15, -0.1) is 19.6 Å². The van der Waals surface area contributed by atoms with Crippen LogP contribution in [0.1, 0.15) is 17.2 Å². The molecule has 6 heteroatoms. The van der Waals surface area contributed by atoms with Crippen molar-refractivity contribution >= 4 is 6.41 Å². The lowest BCUT2D eigenvalue weighted by molar-refractivity contribution is -0.326. The molecule has 1 unspecified atom stereocenters. The highest BCUT2D eigenvalue weighted by Gasteiger charge is 2.30. The third kappa shape index (κ3) is 4.47.